The lowest BCUT2D eigenvalue weighted by Crippen LogP contribution is -2.35. The van der Waals surface area contributed by atoms with E-state index in [1.165, 1.54) is 6.42 Å². The summed E-state index contributed by atoms with van der Waals surface area (Å²) in [5.41, 5.74) is 4.94. The van der Waals surface area contributed by atoms with Gasteiger partial charge in [0.05, 0.1) is 31.5 Å². The lowest BCUT2D eigenvalue weighted by molar-refractivity contribution is 0.143. The standard InChI is InChI=1S/C27H27N5O2/c1-28-22-10-6-21(7-11-22)25-24(20-8-12-23(33-3)13-9-20)26-29-14-16-32(26)27(30-25)34-18-19-5-4-15-31(2)17-19/h6-14,16,19H,4-5,15,17-18H2,2-3H3/t19-/m1/s1. The SMILES string of the molecule is [C-]#[N+]c1ccc(-c2nc(OC[C@@H]3CCCN(C)C3)n3ccnc3c2-c2ccc(OC)cc2)cc1. The van der Waals surface area contributed by atoms with Gasteiger partial charge in [-0.2, -0.15) is 4.98 Å². The van der Waals surface area contributed by atoms with E-state index in [-0.39, 0.29) is 0 Å². The molecule has 4 aromatic rings. The van der Waals surface area contributed by atoms with Crippen LogP contribution in [0.2, 0.25) is 0 Å². The Bertz CT molecular complexity index is 1320. The molecule has 2 aromatic heterocycles. The minimum absolute atomic E-state index is 0.474. The lowest BCUT2D eigenvalue weighted by atomic mass is 9.99. The lowest BCUT2D eigenvalue weighted by Gasteiger charge is -2.29. The molecule has 0 N–H and O–H groups in total. The molecule has 0 saturated carbocycles. The Morgan fingerprint density at radius 2 is 1.85 bits per heavy atom. The van der Waals surface area contributed by atoms with Crippen molar-refractivity contribution >= 4 is 11.3 Å². The van der Waals surface area contributed by atoms with Gasteiger partial charge in [-0.15, -0.1) is 0 Å². The Labute approximate surface area is 199 Å². The molecule has 2 aromatic carbocycles. The molecule has 1 saturated heterocycles. The van der Waals surface area contributed by atoms with Crippen molar-refractivity contribution < 1.29 is 9.47 Å². The highest BCUT2D eigenvalue weighted by Gasteiger charge is 2.22. The van der Waals surface area contributed by atoms with Crippen LogP contribution in [0.15, 0.2) is 60.9 Å². The van der Waals surface area contributed by atoms with Gasteiger partial charge in [0.2, 0.25) is 0 Å². The maximum Gasteiger partial charge on any atom is 0.302 e. The van der Waals surface area contributed by atoms with E-state index in [2.05, 4.69) is 21.8 Å². The van der Waals surface area contributed by atoms with Gasteiger partial charge in [0, 0.05) is 24.9 Å². The summed E-state index contributed by atoms with van der Waals surface area (Å²) in [5.74, 6) is 1.26. The molecule has 0 bridgehead atoms. The van der Waals surface area contributed by atoms with Crippen LogP contribution in [0.5, 0.6) is 11.8 Å². The summed E-state index contributed by atoms with van der Waals surface area (Å²) in [4.78, 5) is 15.6. The topological polar surface area (TPSA) is 56.2 Å². The van der Waals surface area contributed by atoms with Gasteiger partial charge in [-0.25, -0.2) is 9.83 Å². The van der Waals surface area contributed by atoms with Crippen molar-refractivity contribution in [3.63, 3.8) is 0 Å². The normalized spacial score (nSPS) is 16.3. The fraction of sp³-hybridized carbons (Fsp3) is 0.296. The molecule has 0 spiro atoms. The second-order valence-electron chi connectivity index (χ2n) is 8.71. The van der Waals surface area contributed by atoms with Crippen molar-refractivity contribution in [2.24, 2.45) is 5.92 Å². The molecule has 1 atom stereocenters. The fourth-order valence-corrected chi connectivity index (χ4v) is 4.58. The van der Waals surface area contributed by atoms with Gasteiger partial charge in [-0.1, -0.05) is 36.4 Å². The van der Waals surface area contributed by atoms with E-state index in [4.69, 9.17) is 21.0 Å². The summed E-state index contributed by atoms with van der Waals surface area (Å²) in [7, 11) is 3.82. The van der Waals surface area contributed by atoms with Crippen LogP contribution in [0.4, 0.5) is 5.69 Å². The van der Waals surface area contributed by atoms with E-state index in [0.717, 1.165) is 53.3 Å². The number of piperidine rings is 1. The largest absolute Gasteiger partial charge is 0.497 e. The number of hydrogen-bond acceptors (Lipinski definition) is 5. The summed E-state index contributed by atoms with van der Waals surface area (Å²) >= 11 is 0. The summed E-state index contributed by atoms with van der Waals surface area (Å²) in [5, 5.41) is 0. The summed E-state index contributed by atoms with van der Waals surface area (Å²) < 4.78 is 13.6. The predicted octanol–water partition coefficient (Wildman–Crippen LogP) is 5.34. The first-order valence-electron chi connectivity index (χ1n) is 11.5. The first-order valence-corrected chi connectivity index (χ1v) is 11.5. The molecule has 34 heavy (non-hydrogen) atoms. The summed E-state index contributed by atoms with van der Waals surface area (Å²) in [6.07, 6.45) is 6.01. The number of fused-ring (bicyclic) bond motifs is 1. The molecule has 172 valence electrons. The molecule has 0 radical (unpaired) electrons. The van der Waals surface area contributed by atoms with Crippen LogP contribution in [-0.4, -0.2) is 53.1 Å². The maximum atomic E-state index is 7.28. The van der Waals surface area contributed by atoms with Crippen molar-refractivity contribution in [1.29, 1.82) is 0 Å². The number of benzene rings is 2. The van der Waals surface area contributed by atoms with Crippen molar-refractivity contribution in [1.82, 2.24) is 19.3 Å². The first-order chi connectivity index (χ1) is 16.7. The number of aromatic nitrogens is 3. The van der Waals surface area contributed by atoms with E-state index < -0.39 is 0 Å². The zero-order valence-electron chi connectivity index (χ0n) is 19.4. The number of nitrogens with zero attached hydrogens (tertiary/aromatic N) is 5. The highest BCUT2D eigenvalue weighted by Crippen LogP contribution is 2.37. The Morgan fingerprint density at radius 3 is 2.56 bits per heavy atom. The van der Waals surface area contributed by atoms with E-state index in [1.807, 2.05) is 59.1 Å². The van der Waals surface area contributed by atoms with Gasteiger partial charge in [0.25, 0.3) is 0 Å². The fourth-order valence-electron chi connectivity index (χ4n) is 4.58. The van der Waals surface area contributed by atoms with Crippen molar-refractivity contribution in [2.45, 2.75) is 12.8 Å². The molecule has 7 nitrogen and oxygen atoms in total. The van der Waals surface area contributed by atoms with Gasteiger partial charge in [0.15, 0.2) is 11.3 Å². The zero-order valence-corrected chi connectivity index (χ0v) is 19.4. The van der Waals surface area contributed by atoms with Crippen LogP contribution in [-0.2, 0) is 0 Å². The van der Waals surface area contributed by atoms with E-state index in [1.54, 1.807) is 13.3 Å². The average Bonchev–Trinajstić information content (AvgIpc) is 3.37. The van der Waals surface area contributed by atoms with E-state index in [9.17, 15) is 0 Å². The second kappa shape index (κ2) is 9.54. The Morgan fingerprint density at radius 1 is 1.09 bits per heavy atom. The van der Waals surface area contributed by atoms with Crippen LogP contribution in [0, 0.1) is 12.5 Å². The molecule has 0 aliphatic carbocycles. The number of likely N-dealkylation sites (tertiary alicyclic amines) is 1. The summed E-state index contributed by atoms with van der Waals surface area (Å²) in [6, 6.07) is 15.9. The van der Waals surface area contributed by atoms with Crippen molar-refractivity contribution in [3.8, 4) is 34.1 Å². The predicted molar refractivity (Wildman–Crippen MR) is 132 cm³/mol. The number of imidazole rings is 1. The molecular formula is C27H27N5O2. The molecule has 1 aliphatic heterocycles. The number of ether oxygens (including phenoxy) is 2. The minimum atomic E-state index is 0.474. The van der Waals surface area contributed by atoms with Crippen LogP contribution in [0.25, 0.3) is 32.9 Å². The highest BCUT2D eigenvalue weighted by atomic mass is 16.5. The van der Waals surface area contributed by atoms with Crippen LogP contribution in [0.1, 0.15) is 12.8 Å². The van der Waals surface area contributed by atoms with Crippen molar-refractivity contribution in [2.75, 3.05) is 33.9 Å². The Hall–Kier alpha value is -3.89. The second-order valence-corrected chi connectivity index (χ2v) is 8.71. The molecule has 3 heterocycles. The number of rotatable bonds is 6. The molecule has 0 unspecified atom stereocenters. The summed E-state index contributed by atoms with van der Waals surface area (Å²) in [6.45, 7) is 10.1. The van der Waals surface area contributed by atoms with Crippen LogP contribution in [0.3, 0.4) is 0 Å². The number of methoxy groups -OCH3 is 1. The maximum absolute atomic E-state index is 7.28. The smallest absolute Gasteiger partial charge is 0.302 e. The average molecular weight is 454 g/mol. The quantitative estimate of drug-likeness (QED) is 0.369. The van der Waals surface area contributed by atoms with E-state index >= 15 is 0 Å². The molecule has 5 rings (SSSR count). The van der Waals surface area contributed by atoms with Crippen LogP contribution < -0.4 is 9.47 Å². The zero-order chi connectivity index (χ0) is 23.5. The van der Waals surface area contributed by atoms with Gasteiger partial charge >= 0.3 is 6.01 Å². The highest BCUT2D eigenvalue weighted by molar-refractivity contribution is 5.90. The minimum Gasteiger partial charge on any atom is -0.497 e. The van der Waals surface area contributed by atoms with Gasteiger partial charge in [-0.3, -0.25) is 4.40 Å². The third-order valence-electron chi connectivity index (χ3n) is 6.33. The Balaban J connectivity index is 1.61. The van der Waals surface area contributed by atoms with Gasteiger partial charge in [0.1, 0.15) is 5.75 Å². The molecule has 1 aliphatic rings. The number of hydrogen-bond donors (Lipinski definition) is 0. The molecular weight excluding hydrogens is 426 g/mol. The van der Waals surface area contributed by atoms with Gasteiger partial charge < -0.3 is 14.4 Å². The monoisotopic (exact) mass is 453 g/mol. The van der Waals surface area contributed by atoms with Crippen LogP contribution >= 0.6 is 0 Å². The third kappa shape index (κ3) is 4.33. The third-order valence-corrected chi connectivity index (χ3v) is 6.33. The van der Waals surface area contributed by atoms with E-state index in [0.29, 0.717) is 24.2 Å². The molecule has 1 fully saturated rings. The van der Waals surface area contributed by atoms with Crippen molar-refractivity contribution in [3.05, 3.63) is 72.3 Å². The molecule has 0 amide bonds. The molecule has 7 heteroatoms. The first kappa shape index (κ1) is 21.9. The van der Waals surface area contributed by atoms with Gasteiger partial charge in [-0.05, 0) is 49.7 Å². The Kier molecular flexibility index (Phi) is 6.15.